The Balaban J connectivity index is 1.59. The van der Waals surface area contributed by atoms with Crippen LogP contribution in [0.1, 0.15) is 17.2 Å². The first kappa shape index (κ1) is 14.8. The van der Waals surface area contributed by atoms with Gasteiger partial charge in [0.25, 0.3) is 5.91 Å². The van der Waals surface area contributed by atoms with Gasteiger partial charge < -0.3 is 24.3 Å². The molecular formula is C18H17NO5. The molecule has 0 bridgehead atoms. The molecule has 0 aromatic heterocycles. The Morgan fingerprint density at radius 1 is 1.04 bits per heavy atom. The highest BCUT2D eigenvalue weighted by molar-refractivity contribution is 5.96. The lowest BCUT2D eigenvalue weighted by Gasteiger charge is -2.26. The molecule has 0 saturated carbocycles. The summed E-state index contributed by atoms with van der Waals surface area (Å²) in [6, 6.07) is 11.0. The van der Waals surface area contributed by atoms with E-state index in [9.17, 15) is 4.79 Å². The fraction of sp³-hybridized carbons (Fsp3) is 0.278. The number of fused-ring (bicyclic) bond motifs is 2. The van der Waals surface area contributed by atoms with E-state index in [0.29, 0.717) is 36.1 Å². The zero-order chi connectivity index (χ0) is 16.5. The standard InChI is InChI=1S/C18H17NO5/c1-11-8-15-16(22-7-6-21-15)9-13(11)19-18(20)17-12-4-2-3-5-14(12)23-10-24-17/h2-5,8-9,17H,6-7,10H2,1H3,(H,19,20)/t17-/m1/s1. The number of nitrogens with one attached hydrogen (secondary N) is 1. The number of benzene rings is 2. The molecule has 1 amide bonds. The molecule has 2 aliphatic rings. The Morgan fingerprint density at radius 3 is 2.62 bits per heavy atom. The number of hydrogen-bond donors (Lipinski definition) is 1. The number of carbonyl (C=O) groups is 1. The molecule has 2 aromatic rings. The summed E-state index contributed by atoms with van der Waals surface area (Å²) in [4.78, 5) is 12.7. The predicted octanol–water partition coefficient (Wildman–Crippen LogP) is 2.81. The SMILES string of the molecule is Cc1cc2c(cc1NC(=O)[C@@H]1OCOc3ccccc31)OCCO2. The van der Waals surface area contributed by atoms with Crippen LogP contribution in [0.25, 0.3) is 0 Å². The van der Waals surface area contributed by atoms with Crippen LogP contribution in [0.3, 0.4) is 0 Å². The van der Waals surface area contributed by atoms with Gasteiger partial charge in [-0.15, -0.1) is 0 Å². The number of para-hydroxylation sites is 1. The Kier molecular flexibility index (Phi) is 3.74. The minimum Gasteiger partial charge on any atom is -0.486 e. The summed E-state index contributed by atoms with van der Waals surface area (Å²) < 4.78 is 22.0. The van der Waals surface area contributed by atoms with Gasteiger partial charge in [-0.05, 0) is 24.6 Å². The summed E-state index contributed by atoms with van der Waals surface area (Å²) in [5, 5.41) is 2.92. The van der Waals surface area contributed by atoms with Gasteiger partial charge in [-0.2, -0.15) is 0 Å². The van der Waals surface area contributed by atoms with E-state index in [1.54, 1.807) is 6.07 Å². The monoisotopic (exact) mass is 327 g/mol. The third-order valence-corrected chi connectivity index (χ3v) is 4.04. The molecule has 0 aliphatic carbocycles. The predicted molar refractivity (Wildman–Crippen MR) is 86.6 cm³/mol. The highest BCUT2D eigenvalue weighted by Gasteiger charge is 2.29. The minimum absolute atomic E-state index is 0.0508. The van der Waals surface area contributed by atoms with Gasteiger partial charge in [-0.25, -0.2) is 0 Å². The normalized spacial score (nSPS) is 18.3. The fourth-order valence-electron chi connectivity index (χ4n) is 2.82. The lowest BCUT2D eigenvalue weighted by Crippen LogP contribution is -2.28. The molecule has 0 spiro atoms. The number of anilines is 1. The van der Waals surface area contributed by atoms with E-state index in [-0.39, 0.29) is 12.7 Å². The summed E-state index contributed by atoms with van der Waals surface area (Å²) in [6.45, 7) is 2.99. The molecule has 2 aliphatic heterocycles. The fourth-order valence-corrected chi connectivity index (χ4v) is 2.82. The molecule has 2 heterocycles. The number of ether oxygens (including phenoxy) is 4. The van der Waals surface area contributed by atoms with Crippen LogP contribution >= 0.6 is 0 Å². The first-order chi connectivity index (χ1) is 11.7. The molecule has 1 N–H and O–H groups in total. The van der Waals surface area contributed by atoms with E-state index in [0.717, 1.165) is 11.1 Å². The molecule has 2 aromatic carbocycles. The number of hydrogen-bond acceptors (Lipinski definition) is 5. The van der Waals surface area contributed by atoms with Crippen molar-refractivity contribution in [2.24, 2.45) is 0 Å². The van der Waals surface area contributed by atoms with E-state index in [4.69, 9.17) is 18.9 Å². The largest absolute Gasteiger partial charge is 0.486 e. The molecule has 6 nitrogen and oxygen atoms in total. The molecule has 24 heavy (non-hydrogen) atoms. The first-order valence-electron chi connectivity index (χ1n) is 7.77. The van der Waals surface area contributed by atoms with Gasteiger partial charge in [-0.1, -0.05) is 18.2 Å². The van der Waals surface area contributed by atoms with Crippen molar-refractivity contribution in [2.75, 3.05) is 25.3 Å². The van der Waals surface area contributed by atoms with Crippen LogP contribution < -0.4 is 19.5 Å². The quantitative estimate of drug-likeness (QED) is 0.919. The van der Waals surface area contributed by atoms with Crippen molar-refractivity contribution in [3.63, 3.8) is 0 Å². The van der Waals surface area contributed by atoms with Crippen LogP contribution in [0.15, 0.2) is 36.4 Å². The van der Waals surface area contributed by atoms with Gasteiger partial charge in [0.1, 0.15) is 19.0 Å². The van der Waals surface area contributed by atoms with E-state index in [2.05, 4.69) is 5.32 Å². The molecule has 0 saturated heterocycles. The molecular weight excluding hydrogens is 310 g/mol. The zero-order valence-corrected chi connectivity index (χ0v) is 13.2. The van der Waals surface area contributed by atoms with Crippen LogP contribution in [-0.4, -0.2) is 25.9 Å². The number of carbonyl (C=O) groups excluding carboxylic acids is 1. The Bertz CT molecular complexity index is 789. The summed E-state index contributed by atoms with van der Waals surface area (Å²) in [6.07, 6.45) is -0.706. The van der Waals surface area contributed by atoms with Crippen LogP contribution in [-0.2, 0) is 9.53 Å². The third-order valence-electron chi connectivity index (χ3n) is 4.04. The van der Waals surface area contributed by atoms with Crippen LogP contribution in [0.5, 0.6) is 17.2 Å². The second kappa shape index (κ2) is 6.05. The van der Waals surface area contributed by atoms with Gasteiger partial charge in [-0.3, -0.25) is 4.79 Å². The Labute approximate surface area is 139 Å². The van der Waals surface area contributed by atoms with Crippen LogP contribution in [0, 0.1) is 6.92 Å². The highest BCUT2D eigenvalue weighted by atomic mass is 16.7. The average molecular weight is 327 g/mol. The molecule has 0 radical (unpaired) electrons. The van der Waals surface area contributed by atoms with Gasteiger partial charge in [0.15, 0.2) is 24.4 Å². The lowest BCUT2D eigenvalue weighted by atomic mass is 10.1. The van der Waals surface area contributed by atoms with Crippen LogP contribution in [0.4, 0.5) is 5.69 Å². The van der Waals surface area contributed by atoms with Crippen molar-refractivity contribution in [3.8, 4) is 17.2 Å². The maximum atomic E-state index is 12.7. The van der Waals surface area contributed by atoms with Gasteiger partial charge in [0.05, 0.1) is 0 Å². The summed E-state index contributed by atoms with van der Waals surface area (Å²) in [5.41, 5.74) is 2.29. The van der Waals surface area contributed by atoms with Crippen molar-refractivity contribution in [1.82, 2.24) is 0 Å². The maximum Gasteiger partial charge on any atom is 0.258 e. The molecule has 6 heteroatoms. The summed E-state index contributed by atoms with van der Waals surface area (Å²) in [5.74, 6) is 1.76. The number of amides is 1. The smallest absolute Gasteiger partial charge is 0.258 e. The first-order valence-corrected chi connectivity index (χ1v) is 7.77. The molecule has 1 atom stereocenters. The van der Waals surface area contributed by atoms with Gasteiger partial charge in [0.2, 0.25) is 0 Å². The van der Waals surface area contributed by atoms with Gasteiger partial charge >= 0.3 is 0 Å². The average Bonchev–Trinajstić information content (AvgIpc) is 2.62. The Morgan fingerprint density at radius 2 is 1.79 bits per heavy atom. The lowest BCUT2D eigenvalue weighted by molar-refractivity contribution is -0.136. The summed E-state index contributed by atoms with van der Waals surface area (Å²) in [7, 11) is 0. The minimum atomic E-state index is -0.706. The second-order valence-electron chi connectivity index (χ2n) is 5.65. The van der Waals surface area contributed by atoms with Crippen molar-refractivity contribution in [3.05, 3.63) is 47.5 Å². The van der Waals surface area contributed by atoms with E-state index in [1.165, 1.54) is 0 Å². The molecule has 0 unspecified atom stereocenters. The zero-order valence-electron chi connectivity index (χ0n) is 13.2. The van der Waals surface area contributed by atoms with E-state index in [1.807, 2.05) is 37.3 Å². The van der Waals surface area contributed by atoms with Crippen molar-refractivity contribution >= 4 is 11.6 Å². The van der Waals surface area contributed by atoms with Crippen molar-refractivity contribution in [2.45, 2.75) is 13.0 Å². The molecule has 4 rings (SSSR count). The van der Waals surface area contributed by atoms with Crippen molar-refractivity contribution < 1.29 is 23.7 Å². The third kappa shape index (κ3) is 2.65. The Hall–Kier alpha value is -2.73. The van der Waals surface area contributed by atoms with Gasteiger partial charge in [0, 0.05) is 17.3 Å². The summed E-state index contributed by atoms with van der Waals surface area (Å²) >= 11 is 0. The van der Waals surface area contributed by atoms with E-state index >= 15 is 0 Å². The van der Waals surface area contributed by atoms with E-state index < -0.39 is 6.10 Å². The molecule has 0 fully saturated rings. The highest BCUT2D eigenvalue weighted by Crippen LogP contribution is 2.37. The van der Waals surface area contributed by atoms with Crippen molar-refractivity contribution in [1.29, 1.82) is 0 Å². The number of rotatable bonds is 2. The second-order valence-corrected chi connectivity index (χ2v) is 5.65. The molecule has 124 valence electrons. The van der Waals surface area contributed by atoms with Crippen LogP contribution in [0.2, 0.25) is 0 Å². The topological polar surface area (TPSA) is 66.0 Å². The maximum absolute atomic E-state index is 12.7. The number of aryl methyl sites for hydroxylation is 1.